The summed E-state index contributed by atoms with van der Waals surface area (Å²) in [5, 5.41) is 2.79. The summed E-state index contributed by atoms with van der Waals surface area (Å²) in [6, 6.07) is 11.6. The number of thioether (sulfide) groups is 1. The van der Waals surface area contributed by atoms with Gasteiger partial charge in [-0.3, -0.25) is 14.4 Å². The first-order valence-electron chi connectivity index (χ1n) is 8.85. The van der Waals surface area contributed by atoms with Crippen molar-refractivity contribution in [2.75, 3.05) is 22.6 Å². The average molecular weight is 453 g/mol. The van der Waals surface area contributed by atoms with Gasteiger partial charge < -0.3 is 10.1 Å². The van der Waals surface area contributed by atoms with E-state index in [0.717, 1.165) is 16.7 Å². The third-order valence-electron chi connectivity index (χ3n) is 4.09. The number of halogens is 2. The van der Waals surface area contributed by atoms with E-state index in [9.17, 15) is 14.4 Å². The van der Waals surface area contributed by atoms with Crippen LogP contribution in [0.25, 0.3) is 0 Å². The van der Waals surface area contributed by atoms with E-state index < -0.39 is 5.25 Å². The molecule has 152 valence electrons. The molecular weight excluding hydrogens is 435 g/mol. The lowest BCUT2D eigenvalue weighted by Gasteiger charge is -2.16. The molecule has 0 radical (unpaired) electrons. The van der Waals surface area contributed by atoms with Crippen LogP contribution in [0.5, 0.6) is 5.75 Å². The lowest BCUT2D eigenvalue weighted by atomic mass is 10.3. The van der Waals surface area contributed by atoms with Crippen molar-refractivity contribution in [2.24, 2.45) is 0 Å². The highest BCUT2D eigenvalue weighted by Gasteiger charge is 2.40. The maximum Gasteiger partial charge on any atom is 0.247 e. The summed E-state index contributed by atoms with van der Waals surface area (Å²) >= 11 is 13.1. The van der Waals surface area contributed by atoms with Gasteiger partial charge in [0, 0.05) is 16.5 Å². The zero-order valence-corrected chi connectivity index (χ0v) is 17.8. The van der Waals surface area contributed by atoms with E-state index in [2.05, 4.69) is 5.32 Å². The van der Waals surface area contributed by atoms with E-state index in [1.807, 2.05) is 13.0 Å². The highest BCUT2D eigenvalue weighted by atomic mass is 35.5. The number of carbonyl (C=O) groups is 3. The number of para-hydroxylation sites is 2. The molecule has 0 unspecified atom stereocenters. The zero-order valence-electron chi connectivity index (χ0n) is 15.5. The molecule has 1 aliphatic rings. The SMILES string of the molecule is CCOc1ccccc1NC(=O)CS[C@H]1CC(=O)N(c2cc(Cl)cc(Cl)c2)C1=O. The molecule has 2 aromatic rings. The summed E-state index contributed by atoms with van der Waals surface area (Å²) < 4.78 is 5.48. The molecule has 3 rings (SSSR count). The summed E-state index contributed by atoms with van der Waals surface area (Å²) in [4.78, 5) is 38.4. The number of nitrogens with zero attached hydrogens (tertiary/aromatic N) is 1. The predicted octanol–water partition coefficient (Wildman–Crippen LogP) is 4.40. The lowest BCUT2D eigenvalue weighted by molar-refractivity contribution is -0.121. The van der Waals surface area contributed by atoms with Gasteiger partial charge in [-0.2, -0.15) is 0 Å². The van der Waals surface area contributed by atoms with Gasteiger partial charge in [0.2, 0.25) is 17.7 Å². The van der Waals surface area contributed by atoms with Crippen LogP contribution in [0.15, 0.2) is 42.5 Å². The van der Waals surface area contributed by atoms with Crippen molar-refractivity contribution in [3.63, 3.8) is 0 Å². The zero-order chi connectivity index (χ0) is 21.0. The molecule has 0 saturated carbocycles. The van der Waals surface area contributed by atoms with E-state index in [0.29, 0.717) is 33.8 Å². The number of benzene rings is 2. The van der Waals surface area contributed by atoms with E-state index in [-0.39, 0.29) is 29.9 Å². The summed E-state index contributed by atoms with van der Waals surface area (Å²) in [5.41, 5.74) is 0.889. The third-order valence-corrected chi connectivity index (χ3v) is 5.72. The monoisotopic (exact) mass is 452 g/mol. The molecule has 0 spiro atoms. The Balaban J connectivity index is 1.62. The number of hydrogen-bond acceptors (Lipinski definition) is 5. The van der Waals surface area contributed by atoms with Crippen molar-refractivity contribution >= 4 is 64.1 Å². The topological polar surface area (TPSA) is 75.7 Å². The fourth-order valence-electron chi connectivity index (χ4n) is 2.89. The van der Waals surface area contributed by atoms with Gasteiger partial charge in [-0.25, -0.2) is 4.90 Å². The molecular formula is C20H18Cl2N2O4S. The summed E-state index contributed by atoms with van der Waals surface area (Å²) in [5.74, 6) is -0.432. The number of hydrogen-bond donors (Lipinski definition) is 1. The van der Waals surface area contributed by atoms with Gasteiger partial charge in [0.25, 0.3) is 0 Å². The third kappa shape index (κ3) is 5.23. The molecule has 1 atom stereocenters. The first kappa shape index (κ1) is 21.5. The largest absolute Gasteiger partial charge is 0.492 e. The van der Waals surface area contributed by atoms with Gasteiger partial charge in [0.1, 0.15) is 5.75 Å². The van der Waals surface area contributed by atoms with E-state index >= 15 is 0 Å². The van der Waals surface area contributed by atoms with Crippen molar-refractivity contribution in [3.05, 3.63) is 52.5 Å². The molecule has 9 heteroatoms. The number of carbonyl (C=O) groups excluding carboxylic acids is 3. The quantitative estimate of drug-likeness (QED) is 0.630. The van der Waals surface area contributed by atoms with Gasteiger partial charge in [-0.05, 0) is 37.3 Å². The molecule has 0 bridgehead atoms. The standard InChI is InChI=1S/C20H18Cl2N2O4S/c1-2-28-16-6-4-3-5-15(16)23-18(25)11-29-17-10-19(26)24(20(17)27)14-8-12(21)7-13(22)9-14/h3-9,17H,2,10-11H2,1H3,(H,23,25)/t17-/m0/s1. The van der Waals surface area contributed by atoms with Crippen LogP contribution in [0.3, 0.4) is 0 Å². The Kier molecular flexibility index (Phi) is 7.05. The fraction of sp³-hybridized carbons (Fsp3) is 0.250. The highest BCUT2D eigenvalue weighted by Crippen LogP contribution is 2.33. The molecule has 3 amide bonds. The molecule has 1 N–H and O–H groups in total. The number of rotatable bonds is 7. The minimum Gasteiger partial charge on any atom is -0.492 e. The fourth-order valence-corrected chi connectivity index (χ4v) is 4.34. The molecule has 0 aliphatic carbocycles. The second-order valence-electron chi connectivity index (χ2n) is 6.18. The van der Waals surface area contributed by atoms with Crippen LogP contribution in [-0.4, -0.2) is 35.3 Å². The number of amides is 3. The van der Waals surface area contributed by atoms with Gasteiger partial charge in [-0.15, -0.1) is 11.8 Å². The number of imide groups is 1. The van der Waals surface area contributed by atoms with Crippen LogP contribution < -0.4 is 15.0 Å². The molecule has 1 saturated heterocycles. The number of ether oxygens (including phenoxy) is 1. The lowest BCUT2D eigenvalue weighted by Crippen LogP contribution is -2.31. The normalized spacial score (nSPS) is 16.2. The maximum absolute atomic E-state index is 12.7. The molecule has 1 heterocycles. The molecule has 1 aliphatic heterocycles. The van der Waals surface area contributed by atoms with Crippen LogP contribution >= 0.6 is 35.0 Å². The van der Waals surface area contributed by atoms with Crippen LogP contribution in [0.2, 0.25) is 10.0 Å². The van der Waals surface area contributed by atoms with Crippen molar-refractivity contribution in [3.8, 4) is 5.75 Å². The molecule has 29 heavy (non-hydrogen) atoms. The Morgan fingerprint density at radius 2 is 1.90 bits per heavy atom. The van der Waals surface area contributed by atoms with E-state index in [1.54, 1.807) is 18.2 Å². The van der Waals surface area contributed by atoms with Crippen molar-refractivity contribution in [2.45, 2.75) is 18.6 Å². The Bertz CT molecular complexity index is 934. The Morgan fingerprint density at radius 3 is 2.59 bits per heavy atom. The van der Waals surface area contributed by atoms with Crippen LogP contribution in [-0.2, 0) is 14.4 Å². The van der Waals surface area contributed by atoms with Crippen LogP contribution in [0.4, 0.5) is 11.4 Å². The first-order valence-corrected chi connectivity index (χ1v) is 10.7. The molecule has 0 aromatic heterocycles. The number of anilines is 2. The smallest absolute Gasteiger partial charge is 0.247 e. The average Bonchev–Trinajstić information content (AvgIpc) is 2.94. The Hall–Kier alpha value is -2.22. The maximum atomic E-state index is 12.7. The minimum atomic E-state index is -0.645. The van der Waals surface area contributed by atoms with E-state index in [1.165, 1.54) is 18.2 Å². The van der Waals surface area contributed by atoms with Gasteiger partial charge in [-0.1, -0.05) is 35.3 Å². The minimum absolute atomic E-state index is 0.0104. The van der Waals surface area contributed by atoms with Gasteiger partial charge in [0.15, 0.2) is 0 Å². The first-order chi connectivity index (χ1) is 13.9. The van der Waals surface area contributed by atoms with Crippen molar-refractivity contribution in [1.82, 2.24) is 0 Å². The molecule has 1 fully saturated rings. The number of nitrogens with one attached hydrogen (secondary N) is 1. The van der Waals surface area contributed by atoms with Gasteiger partial charge >= 0.3 is 0 Å². The van der Waals surface area contributed by atoms with Crippen LogP contribution in [0, 0.1) is 0 Å². The Labute approximate surface area is 182 Å². The predicted molar refractivity (Wildman–Crippen MR) is 116 cm³/mol. The van der Waals surface area contributed by atoms with Crippen LogP contribution in [0.1, 0.15) is 13.3 Å². The van der Waals surface area contributed by atoms with Crippen molar-refractivity contribution < 1.29 is 19.1 Å². The van der Waals surface area contributed by atoms with Crippen molar-refractivity contribution in [1.29, 1.82) is 0 Å². The second kappa shape index (κ2) is 9.52. The summed E-state index contributed by atoms with van der Waals surface area (Å²) in [7, 11) is 0. The summed E-state index contributed by atoms with van der Waals surface area (Å²) in [6.07, 6.45) is 0.0104. The molecule has 6 nitrogen and oxygen atoms in total. The highest BCUT2D eigenvalue weighted by molar-refractivity contribution is 8.01. The molecule has 2 aromatic carbocycles. The second-order valence-corrected chi connectivity index (χ2v) is 8.24. The Morgan fingerprint density at radius 1 is 1.21 bits per heavy atom. The van der Waals surface area contributed by atoms with E-state index in [4.69, 9.17) is 27.9 Å². The summed E-state index contributed by atoms with van der Waals surface area (Å²) in [6.45, 7) is 2.33. The van der Waals surface area contributed by atoms with Gasteiger partial charge in [0.05, 0.1) is 29.0 Å².